The van der Waals surface area contributed by atoms with Gasteiger partial charge < -0.3 is 19.3 Å². The van der Waals surface area contributed by atoms with Crippen LogP contribution in [-0.2, 0) is 17.6 Å². The van der Waals surface area contributed by atoms with Gasteiger partial charge in [0.2, 0.25) is 0 Å². The number of piperidine rings is 1. The average Bonchev–Trinajstić information content (AvgIpc) is 2.91. The second-order valence-electron chi connectivity index (χ2n) is 9.49. The Labute approximate surface area is 240 Å². The molecule has 41 heavy (non-hydrogen) atoms. The number of rotatable bonds is 10. The molecule has 2 heterocycles. The molecule has 0 amide bonds. The first-order valence-electron chi connectivity index (χ1n) is 12.3. The summed E-state index contributed by atoms with van der Waals surface area (Å²) in [6.45, 7) is -1.17. The van der Waals surface area contributed by atoms with E-state index in [1.807, 2.05) is 4.90 Å². The van der Waals surface area contributed by atoms with Crippen molar-refractivity contribution in [2.75, 3.05) is 39.6 Å². The fourth-order valence-corrected chi connectivity index (χ4v) is 4.55. The van der Waals surface area contributed by atoms with Crippen LogP contribution in [0.1, 0.15) is 37.0 Å². The van der Waals surface area contributed by atoms with Crippen molar-refractivity contribution in [1.82, 2.24) is 4.90 Å². The summed E-state index contributed by atoms with van der Waals surface area (Å²) in [5.41, 5.74) is -0.150. The van der Waals surface area contributed by atoms with Crippen molar-refractivity contribution in [3.8, 4) is 17.2 Å². The maximum Gasteiger partial charge on any atom is 0.419 e. The van der Waals surface area contributed by atoms with E-state index in [9.17, 15) is 36.2 Å². The highest BCUT2D eigenvalue weighted by atomic mass is 35.5. The molecule has 228 valence electrons. The Kier molecular flexibility index (Phi) is 12.2. The topological polar surface area (TPSA) is 68.2 Å². The number of carbonyl (C=O) groups is 1. The first kappa shape index (κ1) is 34.1. The van der Waals surface area contributed by atoms with Gasteiger partial charge in [-0.05, 0) is 48.7 Å². The highest BCUT2D eigenvalue weighted by molar-refractivity contribution is 5.85. The van der Waals surface area contributed by atoms with Crippen LogP contribution in [0.4, 0.5) is 26.3 Å². The Morgan fingerprint density at radius 1 is 1.17 bits per heavy atom. The number of hydrogen-bond acceptors (Lipinski definition) is 5. The number of halogens is 7. The molecular formula is C28H32ClF6NO5. The predicted octanol–water partition coefficient (Wildman–Crippen LogP) is 6.74. The van der Waals surface area contributed by atoms with Crippen LogP contribution in [0.25, 0.3) is 6.08 Å². The lowest BCUT2D eigenvalue weighted by Crippen LogP contribution is -2.40. The number of ether oxygens (including phenoxy) is 3. The van der Waals surface area contributed by atoms with Gasteiger partial charge in [0.25, 0.3) is 0 Å². The molecule has 0 spiro atoms. The molecule has 0 bridgehead atoms. The number of hydrogen-bond donors (Lipinski definition) is 1. The quantitative estimate of drug-likeness (QED) is 0.300. The third-order valence-corrected chi connectivity index (χ3v) is 6.50. The summed E-state index contributed by atoms with van der Waals surface area (Å²) in [7, 11) is 0. The van der Waals surface area contributed by atoms with Gasteiger partial charge in [-0.2, -0.15) is 13.2 Å². The molecule has 6 nitrogen and oxygen atoms in total. The van der Waals surface area contributed by atoms with Gasteiger partial charge >= 0.3 is 12.1 Å². The molecule has 0 unspecified atom stereocenters. The zero-order chi connectivity index (χ0) is 28.2. The molecule has 4 rings (SSSR count). The molecule has 1 saturated heterocycles. The lowest BCUT2D eigenvalue weighted by Gasteiger charge is -2.32. The molecular weight excluding hydrogens is 580 g/mol. The van der Waals surface area contributed by atoms with Crippen LogP contribution in [0.2, 0.25) is 0 Å². The van der Waals surface area contributed by atoms with Crippen LogP contribution >= 0.6 is 12.4 Å². The molecule has 0 aliphatic carbocycles. The van der Waals surface area contributed by atoms with E-state index in [0.29, 0.717) is 19.5 Å². The van der Waals surface area contributed by atoms with Crippen molar-refractivity contribution in [2.45, 2.75) is 39.2 Å². The predicted molar refractivity (Wildman–Crippen MR) is 143 cm³/mol. The fraction of sp³-hybridized carbons (Fsp3) is 0.464. The highest BCUT2D eigenvalue weighted by Crippen LogP contribution is 2.38. The molecule has 1 fully saturated rings. The molecule has 0 saturated carbocycles. The van der Waals surface area contributed by atoms with Crippen LogP contribution < -0.4 is 14.2 Å². The number of nitrogens with zero attached hydrogens (tertiary/aromatic N) is 1. The number of alkyl halides is 5. The molecule has 2 aliphatic rings. The second kappa shape index (κ2) is 14.7. The summed E-state index contributed by atoms with van der Waals surface area (Å²) in [6, 6.07) is 5.50. The van der Waals surface area contributed by atoms with Gasteiger partial charge in [-0.3, -0.25) is 9.69 Å². The minimum absolute atomic E-state index is 0. The average molecular weight is 612 g/mol. The van der Waals surface area contributed by atoms with Crippen LogP contribution in [0.3, 0.4) is 0 Å². The Morgan fingerprint density at radius 2 is 1.90 bits per heavy atom. The van der Waals surface area contributed by atoms with E-state index in [-0.39, 0.29) is 55.7 Å². The molecule has 0 aromatic heterocycles. The number of benzene rings is 2. The lowest BCUT2D eigenvalue weighted by molar-refractivity contribution is -0.143. The zero-order valence-electron chi connectivity index (χ0n) is 21.2. The SMILES string of the molecule is C.Cl.O=C(O)[C@H]1CCCN(CC2=Cc3c(F)cc(OCc4ccc(OC(CF)CF)c(C(F)(F)F)c4)cc3OC2)C1. The van der Waals surface area contributed by atoms with E-state index in [4.69, 9.17) is 14.2 Å². The second-order valence-corrected chi connectivity index (χ2v) is 9.49. The number of carboxylic acids is 1. The largest absolute Gasteiger partial charge is 0.489 e. The van der Waals surface area contributed by atoms with Crippen molar-refractivity contribution in [3.05, 3.63) is 58.4 Å². The van der Waals surface area contributed by atoms with Crippen molar-refractivity contribution >= 4 is 24.5 Å². The van der Waals surface area contributed by atoms with Gasteiger partial charge in [-0.1, -0.05) is 13.5 Å². The maximum absolute atomic E-state index is 14.9. The van der Waals surface area contributed by atoms with E-state index in [0.717, 1.165) is 36.7 Å². The van der Waals surface area contributed by atoms with E-state index < -0.39 is 54.6 Å². The Balaban J connectivity index is 0.00000294. The summed E-state index contributed by atoms with van der Waals surface area (Å²) in [6.07, 6.45) is -3.47. The third-order valence-electron chi connectivity index (χ3n) is 6.50. The molecule has 13 heteroatoms. The first-order valence-corrected chi connectivity index (χ1v) is 12.3. The monoisotopic (exact) mass is 611 g/mol. The van der Waals surface area contributed by atoms with Crippen molar-refractivity contribution in [3.63, 3.8) is 0 Å². The van der Waals surface area contributed by atoms with Crippen LogP contribution in [0.5, 0.6) is 17.2 Å². The van der Waals surface area contributed by atoms with Gasteiger partial charge in [0.15, 0.2) is 6.10 Å². The van der Waals surface area contributed by atoms with Gasteiger partial charge in [-0.15, -0.1) is 12.4 Å². The number of carboxylic acid groups (broad SMARTS) is 1. The Hall–Kier alpha value is -3.12. The normalized spacial score (nSPS) is 17.0. The first-order chi connectivity index (χ1) is 18.6. The summed E-state index contributed by atoms with van der Waals surface area (Å²) < 4.78 is 97.0. The highest BCUT2D eigenvalue weighted by Gasteiger charge is 2.35. The summed E-state index contributed by atoms with van der Waals surface area (Å²) in [5, 5.41) is 9.27. The molecule has 2 aromatic carbocycles. The number of aliphatic carboxylic acids is 1. The van der Waals surface area contributed by atoms with Crippen LogP contribution in [0, 0.1) is 11.7 Å². The summed E-state index contributed by atoms with van der Waals surface area (Å²) in [5.74, 6) is -2.38. The minimum Gasteiger partial charge on any atom is -0.489 e. The summed E-state index contributed by atoms with van der Waals surface area (Å²) >= 11 is 0. The molecule has 1 atom stereocenters. The standard InChI is InChI=1S/C27H27F6NO5.CH4.ClH/c28-10-20(11-29)39-24-4-3-16(7-22(24)27(31,32)33)14-37-19-8-23(30)21-6-17(15-38-25(21)9-19)12-34-5-1-2-18(13-34)26(35)36;;/h3-4,6-9,18,20H,1-2,5,10-15H2,(H,35,36);1H4;1H/t18-;;/m0../s1. The van der Waals surface area contributed by atoms with Gasteiger partial charge in [0, 0.05) is 25.2 Å². The summed E-state index contributed by atoms with van der Waals surface area (Å²) in [4.78, 5) is 13.3. The number of likely N-dealkylation sites (tertiary alicyclic amines) is 1. The Bertz CT molecular complexity index is 1220. The van der Waals surface area contributed by atoms with Crippen LogP contribution in [-0.4, -0.2) is 61.7 Å². The van der Waals surface area contributed by atoms with Gasteiger partial charge in [-0.25, -0.2) is 13.2 Å². The van der Waals surface area contributed by atoms with Crippen molar-refractivity contribution in [2.24, 2.45) is 5.92 Å². The molecule has 0 radical (unpaired) electrons. The van der Waals surface area contributed by atoms with Gasteiger partial charge in [0.1, 0.15) is 49.6 Å². The molecule has 2 aromatic rings. The fourth-order valence-electron chi connectivity index (χ4n) is 4.55. The maximum atomic E-state index is 14.9. The lowest BCUT2D eigenvalue weighted by atomic mass is 9.97. The molecule has 1 N–H and O–H groups in total. The minimum atomic E-state index is -4.85. The van der Waals surface area contributed by atoms with E-state index in [1.165, 1.54) is 12.1 Å². The van der Waals surface area contributed by atoms with Gasteiger partial charge in [0.05, 0.1) is 17.0 Å². The third kappa shape index (κ3) is 8.68. The molecule has 2 aliphatic heterocycles. The van der Waals surface area contributed by atoms with Crippen molar-refractivity contribution in [1.29, 1.82) is 0 Å². The Morgan fingerprint density at radius 3 is 2.56 bits per heavy atom. The van der Waals surface area contributed by atoms with E-state index in [1.54, 1.807) is 6.08 Å². The van der Waals surface area contributed by atoms with Crippen LogP contribution in [0.15, 0.2) is 35.9 Å². The van der Waals surface area contributed by atoms with E-state index in [2.05, 4.69) is 0 Å². The zero-order valence-corrected chi connectivity index (χ0v) is 22.0. The number of fused-ring (bicyclic) bond motifs is 1. The van der Waals surface area contributed by atoms with Crippen molar-refractivity contribution < 1.29 is 50.5 Å². The smallest absolute Gasteiger partial charge is 0.419 e. The van der Waals surface area contributed by atoms with E-state index >= 15 is 0 Å².